The third-order valence-corrected chi connectivity index (χ3v) is 1.99. The van der Waals surface area contributed by atoms with Gasteiger partial charge in [-0.3, -0.25) is 0 Å². The second-order valence-corrected chi connectivity index (χ2v) is 3.08. The van der Waals surface area contributed by atoms with E-state index in [4.69, 9.17) is 4.84 Å². The Bertz CT molecular complexity index is 412. The number of rotatable bonds is 1. The van der Waals surface area contributed by atoms with Crippen LogP contribution in [0.2, 0.25) is 0 Å². The predicted molar refractivity (Wildman–Crippen MR) is 47.7 cm³/mol. The molecule has 0 atom stereocenters. The molecular formula is C7H6BrN3O. The maximum Gasteiger partial charge on any atom is 0.128 e. The molecule has 0 aliphatic rings. The molecule has 2 rings (SSSR count). The zero-order valence-corrected chi connectivity index (χ0v) is 7.95. The van der Waals surface area contributed by atoms with Crippen molar-refractivity contribution in [2.75, 3.05) is 7.11 Å². The molecule has 0 unspecified atom stereocenters. The first-order chi connectivity index (χ1) is 5.81. The molecule has 0 amide bonds. The molecule has 0 spiro atoms. The van der Waals surface area contributed by atoms with E-state index >= 15 is 0 Å². The van der Waals surface area contributed by atoms with Crippen molar-refractivity contribution in [3.63, 3.8) is 0 Å². The van der Waals surface area contributed by atoms with E-state index in [2.05, 4.69) is 26.0 Å². The zero-order chi connectivity index (χ0) is 8.55. The molecule has 12 heavy (non-hydrogen) atoms. The number of fused-ring (bicyclic) bond motifs is 1. The minimum absolute atomic E-state index is 0.797. The molecule has 0 saturated carbocycles. The molecule has 0 bridgehead atoms. The molecule has 2 aromatic heterocycles. The number of aromatic nitrogens is 3. The maximum absolute atomic E-state index is 4.96. The van der Waals surface area contributed by atoms with Gasteiger partial charge in [0.05, 0.1) is 12.4 Å². The average molecular weight is 228 g/mol. The van der Waals surface area contributed by atoms with Crippen molar-refractivity contribution >= 4 is 26.8 Å². The SMILES string of the molecule is COn1ncc2cc(Br)ncc21. The van der Waals surface area contributed by atoms with Gasteiger partial charge in [-0.25, -0.2) is 4.98 Å². The number of nitrogens with zero attached hydrogens (tertiary/aromatic N) is 3. The van der Waals surface area contributed by atoms with Gasteiger partial charge in [-0.2, -0.15) is 0 Å². The van der Waals surface area contributed by atoms with Crippen molar-refractivity contribution in [2.24, 2.45) is 0 Å². The summed E-state index contributed by atoms with van der Waals surface area (Å²) >= 11 is 3.27. The van der Waals surface area contributed by atoms with E-state index in [1.807, 2.05) is 6.07 Å². The van der Waals surface area contributed by atoms with E-state index in [1.165, 1.54) is 4.85 Å². The Morgan fingerprint density at radius 2 is 2.33 bits per heavy atom. The molecule has 4 nitrogen and oxygen atoms in total. The summed E-state index contributed by atoms with van der Waals surface area (Å²) in [6.45, 7) is 0. The van der Waals surface area contributed by atoms with Crippen molar-refractivity contribution in [3.8, 4) is 0 Å². The van der Waals surface area contributed by atoms with E-state index in [1.54, 1.807) is 19.5 Å². The monoisotopic (exact) mass is 227 g/mol. The van der Waals surface area contributed by atoms with Gasteiger partial charge in [0.15, 0.2) is 0 Å². The van der Waals surface area contributed by atoms with Gasteiger partial charge >= 0.3 is 0 Å². The molecule has 5 heteroatoms. The molecule has 0 fully saturated rings. The molecule has 2 aromatic rings. The number of hydrogen-bond acceptors (Lipinski definition) is 3. The second kappa shape index (κ2) is 2.75. The molecule has 0 saturated heterocycles. The summed E-state index contributed by atoms with van der Waals surface area (Å²) in [5, 5.41) is 4.99. The van der Waals surface area contributed by atoms with Gasteiger partial charge in [-0.05, 0) is 22.0 Å². The van der Waals surface area contributed by atoms with Gasteiger partial charge in [-0.15, -0.1) is 5.10 Å². The highest BCUT2D eigenvalue weighted by atomic mass is 79.9. The van der Waals surface area contributed by atoms with Gasteiger partial charge in [-0.1, -0.05) is 4.85 Å². The first-order valence-corrected chi connectivity index (χ1v) is 4.14. The molecule has 2 heterocycles. The van der Waals surface area contributed by atoms with Gasteiger partial charge in [0.2, 0.25) is 0 Å². The van der Waals surface area contributed by atoms with Crippen LogP contribution in [0.4, 0.5) is 0 Å². The van der Waals surface area contributed by atoms with Crippen LogP contribution in [0.25, 0.3) is 10.9 Å². The Morgan fingerprint density at radius 3 is 3.08 bits per heavy atom. The topological polar surface area (TPSA) is 39.9 Å². The normalized spacial score (nSPS) is 10.5. The van der Waals surface area contributed by atoms with Crippen molar-refractivity contribution in [3.05, 3.63) is 23.1 Å². The fourth-order valence-electron chi connectivity index (χ4n) is 1.02. The van der Waals surface area contributed by atoms with Gasteiger partial charge < -0.3 is 4.84 Å². The minimum Gasteiger partial charge on any atom is -0.399 e. The van der Waals surface area contributed by atoms with Crippen LogP contribution in [0, 0.1) is 0 Å². The lowest BCUT2D eigenvalue weighted by atomic mass is 10.3. The van der Waals surface area contributed by atoms with E-state index in [9.17, 15) is 0 Å². The van der Waals surface area contributed by atoms with Crippen LogP contribution >= 0.6 is 15.9 Å². The summed E-state index contributed by atoms with van der Waals surface area (Å²) in [7, 11) is 1.56. The van der Waals surface area contributed by atoms with Crippen molar-refractivity contribution < 1.29 is 4.84 Å². The van der Waals surface area contributed by atoms with Crippen LogP contribution in [0.15, 0.2) is 23.1 Å². The van der Waals surface area contributed by atoms with Gasteiger partial charge in [0.25, 0.3) is 0 Å². The van der Waals surface area contributed by atoms with E-state index < -0.39 is 0 Å². The highest BCUT2D eigenvalue weighted by Gasteiger charge is 2.02. The molecule has 0 N–H and O–H groups in total. The molecule has 0 aliphatic carbocycles. The standard InChI is InChI=1S/C7H6BrN3O/c1-12-11-6-4-9-7(8)2-5(6)3-10-11/h2-4H,1H3. The van der Waals surface area contributed by atoms with Gasteiger partial charge in [0, 0.05) is 5.39 Å². The third kappa shape index (κ3) is 1.06. The molecular weight excluding hydrogens is 222 g/mol. The summed E-state index contributed by atoms with van der Waals surface area (Å²) < 4.78 is 0.797. The Morgan fingerprint density at radius 1 is 1.50 bits per heavy atom. The van der Waals surface area contributed by atoms with Crippen LogP contribution in [-0.4, -0.2) is 22.0 Å². The van der Waals surface area contributed by atoms with E-state index in [-0.39, 0.29) is 0 Å². The minimum atomic E-state index is 0.797. The number of pyridine rings is 1. The second-order valence-electron chi connectivity index (χ2n) is 2.27. The smallest absolute Gasteiger partial charge is 0.128 e. The van der Waals surface area contributed by atoms with Crippen LogP contribution in [0.5, 0.6) is 0 Å². The van der Waals surface area contributed by atoms with Crippen LogP contribution in [0.1, 0.15) is 0 Å². The lowest BCUT2D eigenvalue weighted by Crippen LogP contribution is -2.06. The zero-order valence-electron chi connectivity index (χ0n) is 6.36. The lowest BCUT2D eigenvalue weighted by Gasteiger charge is -1.97. The molecule has 0 radical (unpaired) electrons. The summed E-state index contributed by atoms with van der Waals surface area (Å²) in [5.74, 6) is 0. The third-order valence-electron chi connectivity index (χ3n) is 1.56. The Kier molecular flexibility index (Phi) is 1.73. The molecule has 0 aromatic carbocycles. The van der Waals surface area contributed by atoms with Crippen LogP contribution in [0.3, 0.4) is 0 Å². The average Bonchev–Trinajstić information content (AvgIpc) is 2.46. The van der Waals surface area contributed by atoms with Gasteiger partial charge in [0.1, 0.15) is 17.2 Å². The lowest BCUT2D eigenvalue weighted by molar-refractivity contribution is 0.145. The Hall–Kier alpha value is -1.10. The summed E-state index contributed by atoms with van der Waals surface area (Å²) in [4.78, 5) is 10.4. The number of halogens is 1. The molecule has 62 valence electrons. The Balaban J connectivity index is 2.73. The number of hydrogen-bond donors (Lipinski definition) is 0. The summed E-state index contributed by atoms with van der Waals surface area (Å²) in [5.41, 5.74) is 0.862. The van der Waals surface area contributed by atoms with Crippen molar-refractivity contribution in [1.29, 1.82) is 0 Å². The largest absolute Gasteiger partial charge is 0.399 e. The van der Waals surface area contributed by atoms with Crippen LogP contribution < -0.4 is 4.84 Å². The quantitative estimate of drug-likeness (QED) is 0.689. The fraction of sp³-hybridized carbons (Fsp3) is 0.143. The first kappa shape index (κ1) is 7.54. The maximum atomic E-state index is 4.96. The highest BCUT2D eigenvalue weighted by molar-refractivity contribution is 9.10. The van der Waals surface area contributed by atoms with E-state index in [0.29, 0.717) is 0 Å². The van der Waals surface area contributed by atoms with Crippen molar-refractivity contribution in [1.82, 2.24) is 14.9 Å². The fourth-order valence-corrected chi connectivity index (χ4v) is 1.37. The van der Waals surface area contributed by atoms with Crippen molar-refractivity contribution in [2.45, 2.75) is 0 Å². The van der Waals surface area contributed by atoms with Crippen LogP contribution in [-0.2, 0) is 0 Å². The summed E-state index contributed by atoms with van der Waals surface area (Å²) in [6.07, 6.45) is 3.43. The Labute approximate surface area is 77.2 Å². The van der Waals surface area contributed by atoms with E-state index in [0.717, 1.165) is 15.5 Å². The predicted octanol–water partition coefficient (Wildman–Crippen LogP) is 1.25. The molecule has 0 aliphatic heterocycles. The summed E-state index contributed by atoms with van der Waals surface area (Å²) in [6, 6.07) is 1.89. The first-order valence-electron chi connectivity index (χ1n) is 3.35. The highest BCUT2D eigenvalue weighted by Crippen LogP contribution is 2.15.